The second-order valence-corrected chi connectivity index (χ2v) is 6.65. The Morgan fingerprint density at radius 3 is 2.30 bits per heavy atom. The highest BCUT2D eigenvalue weighted by molar-refractivity contribution is 5.95. The van der Waals surface area contributed by atoms with E-state index in [0.29, 0.717) is 12.2 Å². The summed E-state index contributed by atoms with van der Waals surface area (Å²) in [7, 11) is 0. The first-order chi connectivity index (χ1) is 13.1. The summed E-state index contributed by atoms with van der Waals surface area (Å²) in [5.74, 6) is 0. The van der Waals surface area contributed by atoms with Crippen molar-refractivity contribution in [1.82, 2.24) is 9.88 Å². The van der Waals surface area contributed by atoms with E-state index in [1.165, 1.54) is 0 Å². The van der Waals surface area contributed by atoms with Crippen LogP contribution in [0.15, 0.2) is 60.9 Å². The summed E-state index contributed by atoms with van der Waals surface area (Å²) < 4.78 is 1.54. The zero-order chi connectivity index (χ0) is 18.8. The maximum Gasteiger partial charge on any atom is 0.404 e. The SMILES string of the molecule is O=C(O)NC1CCN(c2ccc(NC(=O)n3cc4ccccc4c3)cc2)C1. The summed E-state index contributed by atoms with van der Waals surface area (Å²) in [6.07, 6.45) is 3.40. The molecule has 1 aromatic heterocycles. The molecule has 1 fully saturated rings. The van der Waals surface area contributed by atoms with Crippen molar-refractivity contribution in [2.24, 2.45) is 0 Å². The third-order valence-corrected chi connectivity index (χ3v) is 4.79. The van der Waals surface area contributed by atoms with Crippen LogP contribution in [-0.4, -0.2) is 40.9 Å². The fourth-order valence-electron chi connectivity index (χ4n) is 3.43. The van der Waals surface area contributed by atoms with Crippen LogP contribution in [0.1, 0.15) is 6.42 Å². The van der Waals surface area contributed by atoms with Gasteiger partial charge in [0.2, 0.25) is 0 Å². The van der Waals surface area contributed by atoms with Gasteiger partial charge in [-0.2, -0.15) is 0 Å². The number of fused-ring (bicyclic) bond motifs is 1. The highest BCUT2D eigenvalue weighted by atomic mass is 16.4. The van der Waals surface area contributed by atoms with Gasteiger partial charge in [-0.05, 0) is 41.5 Å². The summed E-state index contributed by atoms with van der Waals surface area (Å²) in [4.78, 5) is 25.3. The number of amides is 2. The van der Waals surface area contributed by atoms with Crippen LogP contribution in [0.2, 0.25) is 0 Å². The van der Waals surface area contributed by atoms with Gasteiger partial charge in [0.25, 0.3) is 0 Å². The monoisotopic (exact) mass is 364 g/mol. The lowest BCUT2D eigenvalue weighted by molar-refractivity contribution is 0.191. The molecule has 138 valence electrons. The van der Waals surface area contributed by atoms with Crippen molar-refractivity contribution in [2.45, 2.75) is 12.5 Å². The lowest BCUT2D eigenvalue weighted by atomic mass is 10.2. The number of rotatable bonds is 3. The van der Waals surface area contributed by atoms with E-state index in [9.17, 15) is 9.59 Å². The van der Waals surface area contributed by atoms with Crippen molar-refractivity contribution in [3.05, 3.63) is 60.9 Å². The summed E-state index contributed by atoms with van der Waals surface area (Å²) in [5.41, 5.74) is 1.72. The molecule has 27 heavy (non-hydrogen) atoms. The van der Waals surface area contributed by atoms with Gasteiger partial charge < -0.3 is 20.6 Å². The number of anilines is 2. The minimum absolute atomic E-state index is 0.0512. The molecule has 1 aliphatic rings. The molecule has 0 radical (unpaired) electrons. The molecular formula is C20H20N4O3. The van der Waals surface area contributed by atoms with E-state index in [-0.39, 0.29) is 12.1 Å². The van der Waals surface area contributed by atoms with Crippen molar-refractivity contribution < 1.29 is 14.7 Å². The van der Waals surface area contributed by atoms with Gasteiger partial charge in [-0.15, -0.1) is 0 Å². The van der Waals surface area contributed by atoms with E-state index in [2.05, 4.69) is 15.5 Å². The number of hydrogen-bond donors (Lipinski definition) is 3. The van der Waals surface area contributed by atoms with Crippen LogP contribution in [0.3, 0.4) is 0 Å². The second kappa shape index (κ2) is 7.03. The lowest BCUT2D eigenvalue weighted by Gasteiger charge is -2.19. The van der Waals surface area contributed by atoms with Gasteiger partial charge in [0.15, 0.2) is 0 Å². The van der Waals surface area contributed by atoms with Gasteiger partial charge in [0, 0.05) is 36.9 Å². The predicted molar refractivity (Wildman–Crippen MR) is 105 cm³/mol. The van der Waals surface area contributed by atoms with E-state index in [1.807, 2.05) is 48.5 Å². The summed E-state index contributed by atoms with van der Waals surface area (Å²) >= 11 is 0. The maximum atomic E-state index is 12.4. The van der Waals surface area contributed by atoms with Crippen molar-refractivity contribution in [1.29, 1.82) is 0 Å². The van der Waals surface area contributed by atoms with Crippen molar-refractivity contribution in [3.8, 4) is 0 Å². The van der Waals surface area contributed by atoms with Crippen molar-refractivity contribution in [3.63, 3.8) is 0 Å². The third kappa shape index (κ3) is 3.72. The van der Waals surface area contributed by atoms with Crippen LogP contribution in [0.4, 0.5) is 21.0 Å². The molecular weight excluding hydrogens is 344 g/mol. The van der Waals surface area contributed by atoms with E-state index in [4.69, 9.17) is 5.11 Å². The van der Waals surface area contributed by atoms with Crippen LogP contribution in [-0.2, 0) is 0 Å². The molecule has 4 rings (SSSR count). The van der Waals surface area contributed by atoms with Gasteiger partial charge in [0.05, 0.1) is 6.04 Å². The van der Waals surface area contributed by atoms with Gasteiger partial charge >= 0.3 is 12.1 Å². The quantitative estimate of drug-likeness (QED) is 0.663. The molecule has 3 N–H and O–H groups in total. The molecule has 0 bridgehead atoms. The normalized spacial score (nSPS) is 16.4. The molecule has 0 aliphatic carbocycles. The summed E-state index contributed by atoms with van der Waals surface area (Å²) in [5, 5.41) is 16.3. The molecule has 1 unspecified atom stereocenters. The molecule has 2 heterocycles. The molecule has 2 aromatic carbocycles. The number of aromatic nitrogens is 1. The van der Waals surface area contributed by atoms with Crippen LogP contribution < -0.4 is 15.5 Å². The minimum atomic E-state index is -0.988. The Labute approximate surface area is 156 Å². The molecule has 0 saturated carbocycles. The standard InChI is InChI=1S/C20H20N4O3/c25-19(24-11-14-3-1-2-4-15(14)12-24)21-16-5-7-18(8-6-16)23-10-9-17(13-23)22-20(26)27/h1-8,11-12,17,22H,9-10,13H2,(H,21,25)(H,26,27). The number of nitrogens with zero attached hydrogens (tertiary/aromatic N) is 2. The molecule has 7 heteroatoms. The van der Waals surface area contributed by atoms with E-state index >= 15 is 0 Å². The largest absolute Gasteiger partial charge is 0.465 e. The molecule has 3 aromatic rings. The van der Waals surface area contributed by atoms with Gasteiger partial charge in [0.1, 0.15) is 0 Å². The Hall–Kier alpha value is -3.48. The molecule has 2 amide bonds. The number of carbonyl (C=O) groups excluding carboxylic acids is 1. The Balaban J connectivity index is 1.40. The lowest BCUT2D eigenvalue weighted by Crippen LogP contribution is -2.36. The van der Waals surface area contributed by atoms with Gasteiger partial charge in [-0.1, -0.05) is 24.3 Å². The van der Waals surface area contributed by atoms with Crippen molar-refractivity contribution in [2.75, 3.05) is 23.3 Å². The zero-order valence-electron chi connectivity index (χ0n) is 14.6. The molecule has 1 saturated heterocycles. The first-order valence-electron chi connectivity index (χ1n) is 8.81. The van der Waals surface area contributed by atoms with Gasteiger partial charge in [-0.25, -0.2) is 9.59 Å². The average Bonchev–Trinajstić information content (AvgIpc) is 3.28. The Bertz CT molecular complexity index is 947. The highest BCUT2D eigenvalue weighted by Gasteiger charge is 2.23. The fourth-order valence-corrected chi connectivity index (χ4v) is 3.43. The summed E-state index contributed by atoms with van der Waals surface area (Å²) in [6.45, 7) is 1.45. The van der Waals surface area contributed by atoms with Crippen LogP contribution >= 0.6 is 0 Å². The Morgan fingerprint density at radius 2 is 1.67 bits per heavy atom. The van der Waals surface area contributed by atoms with E-state index < -0.39 is 6.09 Å². The zero-order valence-corrected chi connectivity index (χ0v) is 14.6. The number of nitrogens with one attached hydrogen (secondary N) is 2. The number of carboxylic acid groups (broad SMARTS) is 1. The average molecular weight is 364 g/mol. The fraction of sp³-hybridized carbons (Fsp3) is 0.200. The number of hydrogen-bond acceptors (Lipinski definition) is 3. The minimum Gasteiger partial charge on any atom is -0.465 e. The van der Waals surface area contributed by atoms with E-state index in [1.54, 1.807) is 17.0 Å². The van der Waals surface area contributed by atoms with E-state index in [0.717, 1.165) is 29.4 Å². The molecule has 7 nitrogen and oxygen atoms in total. The first-order valence-corrected chi connectivity index (χ1v) is 8.81. The highest BCUT2D eigenvalue weighted by Crippen LogP contribution is 2.23. The molecule has 1 aliphatic heterocycles. The Kier molecular flexibility index (Phi) is 4.42. The van der Waals surface area contributed by atoms with Crippen molar-refractivity contribution >= 4 is 34.3 Å². The van der Waals surface area contributed by atoms with Crippen LogP contribution in [0, 0.1) is 0 Å². The maximum absolute atomic E-state index is 12.4. The smallest absolute Gasteiger partial charge is 0.404 e. The van der Waals surface area contributed by atoms with Crippen LogP contribution in [0.5, 0.6) is 0 Å². The predicted octanol–water partition coefficient (Wildman–Crippen LogP) is 3.57. The molecule has 0 spiro atoms. The first kappa shape index (κ1) is 17.0. The summed E-state index contributed by atoms with van der Waals surface area (Å²) in [6, 6.07) is 15.1. The number of carbonyl (C=O) groups is 2. The molecule has 1 atom stereocenters. The Morgan fingerprint density at radius 1 is 1.00 bits per heavy atom. The topological polar surface area (TPSA) is 86.6 Å². The number of benzene rings is 2. The second-order valence-electron chi connectivity index (χ2n) is 6.65. The van der Waals surface area contributed by atoms with Gasteiger partial charge in [-0.3, -0.25) is 4.57 Å². The van der Waals surface area contributed by atoms with Crippen LogP contribution in [0.25, 0.3) is 10.8 Å². The third-order valence-electron chi connectivity index (χ3n) is 4.79.